The van der Waals surface area contributed by atoms with Crippen molar-refractivity contribution in [3.05, 3.63) is 59.4 Å². The van der Waals surface area contributed by atoms with Crippen LogP contribution in [0.1, 0.15) is 11.4 Å². The maximum Gasteiger partial charge on any atom is 0.129 e. The van der Waals surface area contributed by atoms with E-state index in [0.717, 1.165) is 11.0 Å². The number of halogens is 2. The number of hydrogen-bond acceptors (Lipinski definition) is 2. The van der Waals surface area contributed by atoms with Crippen molar-refractivity contribution in [2.45, 2.75) is 6.42 Å². The fraction of sp³-hybridized carbons (Fsp3) is 0.133. The van der Waals surface area contributed by atoms with Gasteiger partial charge in [0.1, 0.15) is 23.2 Å². The van der Waals surface area contributed by atoms with Gasteiger partial charge in [-0.2, -0.15) is 0 Å². The molecule has 0 radical (unpaired) electrons. The number of rotatable bonds is 3. The highest BCUT2D eigenvalue weighted by molar-refractivity contribution is 5.76. The van der Waals surface area contributed by atoms with Gasteiger partial charge in [0.25, 0.3) is 0 Å². The molecule has 0 aliphatic carbocycles. The molecule has 0 spiro atoms. The molecule has 0 bridgehead atoms. The topological polar surface area (TPSA) is 37.9 Å². The zero-order chi connectivity index (χ0) is 14.1. The van der Waals surface area contributed by atoms with Crippen molar-refractivity contribution >= 4 is 11.0 Å². The summed E-state index contributed by atoms with van der Waals surface area (Å²) in [6, 6.07) is 9.21. The number of fused-ring (bicyclic) bond motifs is 1. The number of ether oxygens (including phenoxy) is 1. The molecule has 0 fully saturated rings. The van der Waals surface area contributed by atoms with Crippen LogP contribution >= 0.6 is 0 Å². The van der Waals surface area contributed by atoms with Crippen LogP contribution in [0.25, 0.3) is 11.0 Å². The van der Waals surface area contributed by atoms with Gasteiger partial charge in [-0.3, -0.25) is 0 Å². The molecule has 0 aliphatic heterocycles. The summed E-state index contributed by atoms with van der Waals surface area (Å²) in [5.41, 5.74) is 1.52. The smallest absolute Gasteiger partial charge is 0.129 e. The largest absolute Gasteiger partial charge is 0.497 e. The van der Waals surface area contributed by atoms with Gasteiger partial charge in [-0.05, 0) is 24.3 Å². The van der Waals surface area contributed by atoms with Crippen LogP contribution in [0.4, 0.5) is 8.78 Å². The van der Waals surface area contributed by atoms with Gasteiger partial charge in [0.05, 0.1) is 18.1 Å². The number of aromatic amines is 1. The van der Waals surface area contributed by atoms with Crippen LogP contribution in [0.5, 0.6) is 5.75 Å². The van der Waals surface area contributed by atoms with Crippen molar-refractivity contribution in [1.82, 2.24) is 9.97 Å². The normalized spacial score (nSPS) is 10.9. The zero-order valence-electron chi connectivity index (χ0n) is 10.8. The highest BCUT2D eigenvalue weighted by Gasteiger charge is 2.12. The van der Waals surface area contributed by atoms with E-state index in [2.05, 4.69) is 9.97 Å². The minimum Gasteiger partial charge on any atom is -0.497 e. The minimum atomic E-state index is -0.567. The lowest BCUT2D eigenvalue weighted by Gasteiger charge is -2.01. The summed E-state index contributed by atoms with van der Waals surface area (Å²) >= 11 is 0. The van der Waals surface area contributed by atoms with Gasteiger partial charge in [-0.1, -0.05) is 6.07 Å². The zero-order valence-corrected chi connectivity index (χ0v) is 10.8. The van der Waals surface area contributed by atoms with Crippen molar-refractivity contribution in [2.24, 2.45) is 0 Å². The van der Waals surface area contributed by atoms with Crippen molar-refractivity contribution in [1.29, 1.82) is 0 Å². The molecule has 0 aliphatic rings. The van der Waals surface area contributed by atoms with E-state index in [4.69, 9.17) is 4.74 Å². The fourth-order valence-corrected chi connectivity index (χ4v) is 2.12. The van der Waals surface area contributed by atoms with Crippen molar-refractivity contribution in [3.8, 4) is 5.75 Å². The predicted molar refractivity (Wildman–Crippen MR) is 71.8 cm³/mol. The van der Waals surface area contributed by atoms with E-state index in [-0.39, 0.29) is 12.0 Å². The van der Waals surface area contributed by atoms with E-state index in [1.165, 1.54) is 18.2 Å². The third kappa shape index (κ3) is 2.22. The third-order valence-corrected chi connectivity index (χ3v) is 3.14. The molecule has 1 heterocycles. The second kappa shape index (κ2) is 4.92. The summed E-state index contributed by atoms with van der Waals surface area (Å²) in [4.78, 5) is 7.37. The molecule has 5 heteroatoms. The van der Waals surface area contributed by atoms with Gasteiger partial charge in [0.15, 0.2) is 0 Å². The number of benzene rings is 2. The number of imidazole rings is 1. The molecule has 2 aromatic carbocycles. The van der Waals surface area contributed by atoms with Crippen LogP contribution < -0.4 is 4.74 Å². The van der Waals surface area contributed by atoms with E-state index in [9.17, 15) is 8.78 Å². The highest BCUT2D eigenvalue weighted by Crippen LogP contribution is 2.21. The highest BCUT2D eigenvalue weighted by atomic mass is 19.1. The second-order valence-electron chi connectivity index (χ2n) is 4.44. The number of nitrogens with one attached hydrogen (secondary N) is 1. The first kappa shape index (κ1) is 12.6. The van der Waals surface area contributed by atoms with Crippen LogP contribution in [0, 0.1) is 11.6 Å². The molecule has 20 heavy (non-hydrogen) atoms. The van der Waals surface area contributed by atoms with Crippen LogP contribution in [-0.2, 0) is 6.42 Å². The van der Waals surface area contributed by atoms with Crippen molar-refractivity contribution in [3.63, 3.8) is 0 Å². The molecule has 0 saturated heterocycles. The summed E-state index contributed by atoms with van der Waals surface area (Å²) < 4.78 is 32.3. The first-order chi connectivity index (χ1) is 9.67. The molecular formula is C15H12F2N2O. The Kier molecular flexibility index (Phi) is 3.10. The summed E-state index contributed by atoms with van der Waals surface area (Å²) in [5, 5.41) is 0. The van der Waals surface area contributed by atoms with Gasteiger partial charge in [0, 0.05) is 18.1 Å². The molecule has 0 unspecified atom stereocenters. The van der Waals surface area contributed by atoms with E-state index in [1.807, 2.05) is 0 Å². The monoisotopic (exact) mass is 274 g/mol. The Bertz CT molecular complexity index is 747. The van der Waals surface area contributed by atoms with E-state index < -0.39 is 11.6 Å². The van der Waals surface area contributed by atoms with Crippen molar-refractivity contribution < 1.29 is 13.5 Å². The van der Waals surface area contributed by atoms with Crippen LogP contribution in [-0.4, -0.2) is 17.1 Å². The minimum absolute atomic E-state index is 0.0125. The number of aromatic nitrogens is 2. The van der Waals surface area contributed by atoms with Crippen LogP contribution in [0.15, 0.2) is 36.4 Å². The number of H-pyrrole nitrogens is 1. The summed E-state index contributed by atoms with van der Waals surface area (Å²) in [6.07, 6.45) is 0.0789. The molecule has 0 atom stereocenters. The Hall–Kier alpha value is -2.43. The molecule has 3 rings (SSSR count). The molecular weight excluding hydrogens is 262 g/mol. The Morgan fingerprint density at radius 3 is 2.60 bits per heavy atom. The van der Waals surface area contributed by atoms with Crippen molar-refractivity contribution in [2.75, 3.05) is 7.11 Å². The quantitative estimate of drug-likeness (QED) is 0.794. The van der Waals surface area contributed by atoms with Gasteiger partial charge in [-0.15, -0.1) is 0 Å². The number of hydrogen-bond donors (Lipinski definition) is 1. The molecule has 1 aromatic heterocycles. The molecule has 3 nitrogen and oxygen atoms in total. The third-order valence-electron chi connectivity index (χ3n) is 3.14. The van der Waals surface area contributed by atoms with Gasteiger partial charge in [-0.25, -0.2) is 13.8 Å². The maximum absolute atomic E-state index is 13.6. The summed E-state index contributed by atoms with van der Waals surface area (Å²) in [5.74, 6) is 0.0769. The average Bonchev–Trinajstić information content (AvgIpc) is 2.84. The predicted octanol–water partition coefficient (Wildman–Crippen LogP) is 3.44. The lowest BCUT2D eigenvalue weighted by molar-refractivity contribution is 0.415. The molecule has 3 aromatic rings. The second-order valence-corrected chi connectivity index (χ2v) is 4.44. The van der Waals surface area contributed by atoms with Gasteiger partial charge in [0.2, 0.25) is 0 Å². The molecule has 1 N–H and O–H groups in total. The number of nitrogens with zero attached hydrogens (tertiary/aromatic N) is 1. The molecule has 0 amide bonds. The molecule has 0 saturated carbocycles. The first-order valence-corrected chi connectivity index (χ1v) is 6.13. The van der Waals surface area contributed by atoms with Gasteiger partial charge >= 0.3 is 0 Å². The van der Waals surface area contributed by atoms with Crippen LogP contribution in [0.3, 0.4) is 0 Å². The Morgan fingerprint density at radius 2 is 1.90 bits per heavy atom. The number of methoxy groups -OCH3 is 1. The Morgan fingerprint density at radius 1 is 1.15 bits per heavy atom. The van der Waals surface area contributed by atoms with Crippen LogP contribution in [0.2, 0.25) is 0 Å². The van der Waals surface area contributed by atoms with E-state index in [1.54, 1.807) is 25.3 Å². The first-order valence-electron chi connectivity index (χ1n) is 6.13. The fourth-order valence-electron chi connectivity index (χ4n) is 2.12. The average molecular weight is 274 g/mol. The summed E-state index contributed by atoms with van der Waals surface area (Å²) in [6.45, 7) is 0. The lowest BCUT2D eigenvalue weighted by atomic mass is 10.1. The van der Waals surface area contributed by atoms with Gasteiger partial charge < -0.3 is 9.72 Å². The Labute approximate surface area is 114 Å². The Balaban J connectivity index is 1.99. The maximum atomic E-state index is 13.6. The molecule has 102 valence electrons. The van der Waals surface area contributed by atoms with E-state index in [0.29, 0.717) is 11.6 Å². The lowest BCUT2D eigenvalue weighted by Crippen LogP contribution is -1.98. The summed E-state index contributed by atoms with van der Waals surface area (Å²) in [7, 11) is 1.58. The SMILES string of the molecule is COc1ccc2nc(Cc3c(F)cccc3F)[nH]c2c1. The standard InChI is InChI=1S/C15H12F2N2O/c1-20-9-5-6-13-14(7-9)19-15(18-13)8-10-11(16)3-2-4-12(10)17/h2-7H,8H2,1H3,(H,18,19). The van der Waals surface area contributed by atoms with E-state index >= 15 is 0 Å².